The first kappa shape index (κ1) is 11.5. The summed E-state index contributed by atoms with van der Waals surface area (Å²) >= 11 is 0. The largest absolute Gasteiger partial charge is 0.388 e. The number of aliphatic hydroxyl groups is 1. The maximum Gasteiger partial charge on any atom is 0.0860 e. The molecular weight excluding hydrogens is 174 g/mol. The van der Waals surface area contributed by atoms with Crippen molar-refractivity contribution >= 4 is 0 Å². The van der Waals surface area contributed by atoms with Gasteiger partial charge in [-0.25, -0.2) is 0 Å². The first-order chi connectivity index (χ1) is 6.64. The van der Waals surface area contributed by atoms with Gasteiger partial charge in [-0.1, -0.05) is 33.1 Å². The van der Waals surface area contributed by atoms with Crippen molar-refractivity contribution in [2.24, 2.45) is 5.41 Å². The minimum absolute atomic E-state index is 0.418. The van der Waals surface area contributed by atoms with Gasteiger partial charge in [-0.2, -0.15) is 5.26 Å². The van der Waals surface area contributed by atoms with Crippen molar-refractivity contribution in [1.29, 1.82) is 5.26 Å². The summed E-state index contributed by atoms with van der Waals surface area (Å²) in [6, 6.07) is 2.38. The Morgan fingerprint density at radius 2 is 1.79 bits per heavy atom. The SMILES string of the molecule is CCCC(O)(CCC)C1(C#N)CCC1. The van der Waals surface area contributed by atoms with E-state index in [1.165, 1.54) is 0 Å². The molecule has 0 saturated heterocycles. The molecule has 2 heteroatoms. The zero-order chi connectivity index (χ0) is 10.7. The van der Waals surface area contributed by atoms with Gasteiger partial charge in [0.25, 0.3) is 0 Å². The molecule has 1 N–H and O–H groups in total. The molecule has 1 aliphatic rings. The fraction of sp³-hybridized carbons (Fsp3) is 0.917. The average Bonchev–Trinajstić information content (AvgIpc) is 2.03. The van der Waals surface area contributed by atoms with Crippen LogP contribution in [0, 0.1) is 16.7 Å². The zero-order valence-corrected chi connectivity index (χ0v) is 9.34. The number of hydrogen-bond donors (Lipinski definition) is 1. The third-order valence-electron chi connectivity index (χ3n) is 3.64. The Bertz CT molecular complexity index is 219. The zero-order valence-electron chi connectivity index (χ0n) is 9.34. The molecule has 0 spiro atoms. The van der Waals surface area contributed by atoms with Gasteiger partial charge in [0.1, 0.15) is 0 Å². The number of hydrogen-bond acceptors (Lipinski definition) is 2. The second-order valence-corrected chi connectivity index (χ2v) is 4.58. The molecule has 0 aliphatic heterocycles. The van der Waals surface area contributed by atoms with E-state index in [4.69, 9.17) is 0 Å². The van der Waals surface area contributed by atoms with Crippen LogP contribution in [0.15, 0.2) is 0 Å². The van der Waals surface area contributed by atoms with Gasteiger partial charge in [0.05, 0.1) is 17.1 Å². The molecule has 80 valence electrons. The maximum atomic E-state index is 10.6. The Labute approximate surface area is 86.9 Å². The van der Waals surface area contributed by atoms with Gasteiger partial charge in [-0.3, -0.25) is 0 Å². The first-order valence-corrected chi connectivity index (χ1v) is 5.78. The molecule has 0 aromatic heterocycles. The molecule has 0 amide bonds. The average molecular weight is 195 g/mol. The van der Waals surface area contributed by atoms with Crippen LogP contribution in [0.3, 0.4) is 0 Å². The Morgan fingerprint density at radius 1 is 1.29 bits per heavy atom. The highest BCUT2D eigenvalue weighted by Gasteiger charge is 2.53. The van der Waals surface area contributed by atoms with E-state index in [1.54, 1.807) is 0 Å². The predicted molar refractivity (Wildman–Crippen MR) is 56.7 cm³/mol. The van der Waals surface area contributed by atoms with Crippen molar-refractivity contribution in [2.45, 2.75) is 64.4 Å². The third kappa shape index (κ3) is 1.66. The fourth-order valence-corrected chi connectivity index (χ4v) is 2.64. The van der Waals surface area contributed by atoms with Gasteiger partial charge in [-0.05, 0) is 25.7 Å². The molecule has 1 saturated carbocycles. The second kappa shape index (κ2) is 4.31. The Morgan fingerprint density at radius 3 is 2.00 bits per heavy atom. The molecule has 0 radical (unpaired) electrons. The summed E-state index contributed by atoms with van der Waals surface area (Å²) in [5, 5.41) is 19.8. The van der Waals surface area contributed by atoms with Crippen molar-refractivity contribution < 1.29 is 5.11 Å². The van der Waals surface area contributed by atoms with Gasteiger partial charge in [0.15, 0.2) is 0 Å². The van der Waals surface area contributed by atoms with E-state index < -0.39 is 11.0 Å². The quantitative estimate of drug-likeness (QED) is 0.732. The molecule has 1 fully saturated rings. The van der Waals surface area contributed by atoms with Gasteiger partial charge in [0.2, 0.25) is 0 Å². The van der Waals surface area contributed by atoms with Crippen LogP contribution in [-0.2, 0) is 0 Å². The van der Waals surface area contributed by atoms with E-state index in [9.17, 15) is 10.4 Å². The smallest absolute Gasteiger partial charge is 0.0860 e. The molecule has 2 nitrogen and oxygen atoms in total. The highest BCUT2D eigenvalue weighted by atomic mass is 16.3. The topological polar surface area (TPSA) is 44.0 Å². The predicted octanol–water partition coefficient (Wildman–Crippen LogP) is 3.01. The lowest BCUT2D eigenvalue weighted by atomic mass is 9.57. The second-order valence-electron chi connectivity index (χ2n) is 4.58. The van der Waals surface area contributed by atoms with E-state index >= 15 is 0 Å². The first-order valence-electron chi connectivity index (χ1n) is 5.78. The maximum absolute atomic E-state index is 10.6. The molecular formula is C12H21NO. The Hall–Kier alpha value is -0.550. The summed E-state index contributed by atoms with van der Waals surface area (Å²) in [5.74, 6) is 0. The molecule has 14 heavy (non-hydrogen) atoms. The molecule has 1 aliphatic carbocycles. The van der Waals surface area contributed by atoms with Crippen LogP contribution in [0.5, 0.6) is 0 Å². The number of nitriles is 1. The van der Waals surface area contributed by atoms with Crippen molar-refractivity contribution in [2.75, 3.05) is 0 Å². The van der Waals surface area contributed by atoms with E-state index in [0.29, 0.717) is 0 Å². The van der Waals surface area contributed by atoms with Crippen LogP contribution >= 0.6 is 0 Å². The van der Waals surface area contributed by atoms with Crippen molar-refractivity contribution in [3.63, 3.8) is 0 Å². The van der Waals surface area contributed by atoms with E-state index in [0.717, 1.165) is 44.9 Å². The minimum Gasteiger partial charge on any atom is -0.388 e. The normalized spacial score (nSPS) is 19.9. The van der Waals surface area contributed by atoms with E-state index in [-0.39, 0.29) is 0 Å². The fourth-order valence-electron chi connectivity index (χ4n) is 2.64. The highest BCUT2D eigenvalue weighted by molar-refractivity contribution is 5.15. The van der Waals surface area contributed by atoms with Gasteiger partial charge < -0.3 is 5.11 Å². The Kier molecular flexibility index (Phi) is 3.55. The van der Waals surface area contributed by atoms with Gasteiger partial charge in [0, 0.05) is 0 Å². The highest BCUT2D eigenvalue weighted by Crippen LogP contribution is 2.52. The summed E-state index contributed by atoms with van der Waals surface area (Å²) in [7, 11) is 0. The summed E-state index contributed by atoms with van der Waals surface area (Å²) in [4.78, 5) is 0. The number of nitrogens with zero attached hydrogens (tertiary/aromatic N) is 1. The molecule has 0 aromatic carbocycles. The van der Waals surface area contributed by atoms with E-state index in [1.807, 2.05) is 0 Å². The Balaban J connectivity index is 2.80. The van der Waals surface area contributed by atoms with Crippen molar-refractivity contribution in [3.8, 4) is 6.07 Å². The molecule has 0 atom stereocenters. The van der Waals surface area contributed by atoms with E-state index in [2.05, 4.69) is 19.9 Å². The molecule has 0 heterocycles. The summed E-state index contributed by atoms with van der Waals surface area (Å²) in [5.41, 5.74) is -1.14. The van der Waals surface area contributed by atoms with Crippen LogP contribution in [0.1, 0.15) is 58.8 Å². The standard InChI is InChI=1S/C12H21NO/c1-3-6-12(14,7-4-2)11(10-13)8-5-9-11/h14H,3-9H2,1-2H3. The van der Waals surface area contributed by atoms with Crippen LogP contribution in [0.4, 0.5) is 0 Å². The van der Waals surface area contributed by atoms with Crippen LogP contribution in [-0.4, -0.2) is 10.7 Å². The lowest BCUT2D eigenvalue weighted by Gasteiger charge is -2.48. The summed E-state index contributed by atoms with van der Waals surface area (Å²) < 4.78 is 0. The summed E-state index contributed by atoms with van der Waals surface area (Å²) in [6.07, 6.45) is 6.34. The molecule has 0 bridgehead atoms. The van der Waals surface area contributed by atoms with Crippen molar-refractivity contribution in [1.82, 2.24) is 0 Å². The van der Waals surface area contributed by atoms with Gasteiger partial charge in [-0.15, -0.1) is 0 Å². The molecule has 1 rings (SSSR count). The lowest BCUT2D eigenvalue weighted by molar-refractivity contribution is -0.106. The summed E-state index contributed by atoms with van der Waals surface area (Å²) in [6.45, 7) is 4.15. The van der Waals surface area contributed by atoms with Crippen molar-refractivity contribution in [3.05, 3.63) is 0 Å². The molecule has 0 aromatic rings. The van der Waals surface area contributed by atoms with Crippen LogP contribution < -0.4 is 0 Å². The lowest BCUT2D eigenvalue weighted by Crippen LogP contribution is -2.51. The monoisotopic (exact) mass is 195 g/mol. The van der Waals surface area contributed by atoms with Crippen LogP contribution in [0.2, 0.25) is 0 Å². The number of rotatable bonds is 5. The van der Waals surface area contributed by atoms with Crippen LogP contribution in [0.25, 0.3) is 0 Å². The minimum atomic E-state index is -0.719. The third-order valence-corrected chi connectivity index (χ3v) is 3.64. The van der Waals surface area contributed by atoms with Gasteiger partial charge >= 0.3 is 0 Å². The molecule has 0 unspecified atom stereocenters.